The molecule has 2 fully saturated rings. The van der Waals surface area contributed by atoms with Crippen molar-refractivity contribution in [1.29, 1.82) is 0 Å². The van der Waals surface area contributed by atoms with Gasteiger partial charge in [0, 0.05) is 43.9 Å². The van der Waals surface area contributed by atoms with Crippen molar-refractivity contribution in [2.24, 2.45) is 11.8 Å². The van der Waals surface area contributed by atoms with E-state index in [0.29, 0.717) is 0 Å². The molecule has 5 nitrogen and oxygen atoms in total. The summed E-state index contributed by atoms with van der Waals surface area (Å²) in [5, 5.41) is 3.23. The van der Waals surface area contributed by atoms with E-state index >= 15 is 0 Å². The van der Waals surface area contributed by atoms with Crippen LogP contribution in [0.15, 0.2) is 54.6 Å². The second kappa shape index (κ2) is 11.4. The van der Waals surface area contributed by atoms with E-state index in [1.54, 1.807) is 7.11 Å². The van der Waals surface area contributed by atoms with Crippen LogP contribution in [0.25, 0.3) is 0 Å². The van der Waals surface area contributed by atoms with Crippen LogP contribution in [0.4, 0.5) is 5.69 Å². The molecule has 5 heteroatoms. The van der Waals surface area contributed by atoms with E-state index in [1.165, 1.54) is 24.1 Å². The molecule has 4 rings (SSSR count). The number of nitrogens with zero attached hydrogens (tertiary/aromatic N) is 2. The minimum absolute atomic E-state index is 0.143. The number of carbonyl (C=O) groups excluding carboxylic acids is 1. The lowest BCUT2D eigenvalue weighted by Gasteiger charge is -2.33. The molecule has 0 bridgehead atoms. The molecule has 0 saturated carbocycles. The maximum absolute atomic E-state index is 12.7. The smallest absolute Gasteiger partial charge is 0.223 e. The highest BCUT2D eigenvalue weighted by molar-refractivity contribution is 5.79. The van der Waals surface area contributed by atoms with Crippen LogP contribution in [0.3, 0.4) is 0 Å². The van der Waals surface area contributed by atoms with Gasteiger partial charge in [-0.1, -0.05) is 36.4 Å². The van der Waals surface area contributed by atoms with Crippen LogP contribution in [0.1, 0.15) is 37.7 Å². The van der Waals surface area contributed by atoms with Gasteiger partial charge < -0.3 is 15.0 Å². The summed E-state index contributed by atoms with van der Waals surface area (Å²) in [5.74, 6) is 2.01. The summed E-state index contributed by atoms with van der Waals surface area (Å²) in [4.78, 5) is 17.6. The molecule has 2 saturated heterocycles. The Bertz CT molecular complexity index is 841. The molecule has 0 aliphatic carbocycles. The summed E-state index contributed by atoms with van der Waals surface area (Å²) >= 11 is 0. The molecular formula is C27H37N3O2. The Kier molecular flexibility index (Phi) is 8.05. The molecule has 2 aromatic rings. The molecule has 0 radical (unpaired) electrons. The second-order valence-electron chi connectivity index (χ2n) is 9.25. The monoisotopic (exact) mass is 435 g/mol. The Balaban J connectivity index is 1.12. The first kappa shape index (κ1) is 22.7. The number of anilines is 1. The molecule has 32 heavy (non-hydrogen) atoms. The number of carbonyl (C=O) groups is 1. The molecule has 1 N–H and O–H groups in total. The number of hydrogen-bond donors (Lipinski definition) is 1. The van der Waals surface area contributed by atoms with E-state index in [1.807, 2.05) is 12.1 Å². The predicted octanol–water partition coefficient (Wildman–Crippen LogP) is 4.33. The van der Waals surface area contributed by atoms with Crippen molar-refractivity contribution in [2.75, 3.05) is 44.7 Å². The van der Waals surface area contributed by atoms with E-state index < -0.39 is 0 Å². The minimum Gasteiger partial charge on any atom is -0.497 e. The van der Waals surface area contributed by atoms with Gasteiger partial charge in [-0.3, -0.25) is 9.69 Å². The lowest BCUT2D eigenvalue weighted by Crippen LogP contribution is -2.41. The maximum Gasteiger partial charge on any atom is 0.223 e. The molecule has 0 atom stereocenters. The zero-order valence-electron chi connectivity index (χ0n) is 19.3. The molecule has 2 aromatic carbocycles. The summed E-state index contributed by atoms with van der Waals surface area (Å²) in [6.45, 7) is 6.04. The number of benzene rings is 2. The molecule has 172 valence electrons. The van der Waals surface area contributed by atoms with Gasteiger partial charge in [0.2, 0.25) is 5.91 Å². The number of methoxy groups -OCH3 is 1. The molecule has 0 aromatic heterocycles. The summed E-state index contributed by atoms with van der Waals surface area (Å²) < 4.78 is 5.34. The number of ether oxygens (including phenoxy) is 1. The van der Waals surface area contributed by atoms with Crippen molar-refractivity contribution in [3.05, 3.63) is 60.2 Å². The van der Waals surface area contributed by atoms with Crippen LogP contribution in [0.5, 0.6) is 5.75 Å². The lowest BCUT2D eigenvalue weighted by molar-refractivity contribution is -0.125. The van der Waals surface area contributed by atoms with Gasteiger partial charge in [0.05, 0.1) is 7.11 Å². The summed E-state index contributed by atoms with van der Waals surface area (Å²) in [6, 6.07) is 18.9. The SMILES string of the molecule is COc1cccc(N2CCC(C(=O)NCCC3CCN(Cc4ccccc4)CC3)CC2)c1. The van der Waals surface area contributed by atoms with Gasteiger partial charge in [-0.25, -0.2) is 0 Å². The standard InChI is InChI=1S/C27H37N3O2/c1-32-26-9-5-8-25(20-26)30-18-13-24(14-19-30)27(31)28-15-10-22-11-16-29(17-12-22)21-23-6-3-2-4-7-23/h2-9,20,22,24H,10-19,21H2,1H3,(H,28,31). The Morgan fingerprint density at radius 1 is 0.969 bits per heavy atom. The first-order chi connectivity index (χ1) is 15.7. The van der Waals surface area contributed by atoms with Crippen molar-refractivity contribution in [3.63, 3.8) is 0 Å². The van der Waals surface area contributed by atoms with Crippen LogP contribution in [0, 0.1) is 11.8 Å². The van der Waals surface area contributed by atoms with E-state index in [-0.39, 0.29) is 11.8 Å². The number of rotatable bonds is 8. The summed E-state index contributed by atoms with van der Waals surface area (Å²) in [7, 11) is 1.70. The second-order valence-corrected chi connectivity index (χ2v) is 9.25. The van der Waals surface area contributed by atoms with Crippen LogP contribution in [-0.4, -0.2) is 50.6 Å². The van der Waals surface area contributed by atoms with Crippen LogP contribution < -0.4 is 15.0 Å². The first-order valence-electron chi connectivity index (χ1n) is 12.1. The molecule has 2 aliphatic rings. The van der Waals surface area contributed by atoms with Crippen molar-refractivity contribution in [1.82, 2.24) is 10.2 Å². The molecule has 0 unspecified atom stereocenters. The van der Waals surface area contributed by atoms with E-state index in [2.05, 4.69) is 57.6 Å². The molecule has 2 aliphatic heterocycles. The fraction of sp³-hybridized carbons (Fsp3) is 0.519. The predicted molar refractivity (Wildman–Crippen MR) is 130 cm³/mol. The van der Waals surface area contributed by atoms with E-state index in [4.69, 9.17) is 4.74 Å². The highest BCUT2D eigenvalue weighted by Crippen LogP contribution is 2.26. The largest absolute Gasteiger partial charge is 0.497 e. The summed E-state index contributed by atoms with van der Waals surface area (Å²) in [6.07, 6.45) is 5.42. The highest BCUT2D eigenvalue weighted by atomic mass is 16.5. The fourth-order valence-electron chi connectivity index (χ4n) is 5.03. The van der Waals surface area contributed by atoms with Crippen molar-refractivity contribution in [3.8, 4) is 5.75 Å². The van der Waals surface area contributed by atoms with Gasteiger partial charge in [-0.15, -0.1) is 0 Å². The summed E-state index contributed by atoms with van der Waals surface area (Å²) in [5.41, 5.74) is 2.58. The zero-order valence-corrected chi connectivity index (χ0v) is 19.3. The number of amides is 1. The Labute approximate surface area is 192 Å². The lowest BCUT2D eigenvalue weighted by atomic mass is 9.92. The topological polar surface area (TPSA) is 44.8 Å². The minimum atomic E-state index is 0.143. The average molecular weight is 436 g/mol. The van der Waals surface area contributed by atoms with Gasteiger partial charge >= 0.3 is 0 Å². The number of piperidine rings is 2. The molecule has 1 amide bonds. The third-order valence-corrected chi connectivity index (χ3v) is 7.09. The average Bonchev–Trinajstić information content (AvgIpc) is 2.86. The third kappa shape index (κ3) is 6.26. The van der Waals surface area contributed by atoms with Crippen LogP contribution in [0.2, 0.25) is 0 Å². The maximum atomic E-state index is 12.7. The molecule has 2 heterocycles. The molecular weight excluding hydrogens is 398 g/mol. The van der Waals surface area contributed by atoms with Gasteiger partial charge in [-0.05, 0) is 68.8 Å². The number of hydrogen-bond acceptors (Lipinski definition) is 4. The van der Waals surface area contributed by atoms with E-state index in [0.717, 1.165) is 70.2 Å². The van der Waals surface area contributed by atoms with Gasteiger partial charge in [0.1, 0.15) is 5.75 Å². The highest BCUT2D eigenvalue weighted by Gasteiger charge is 2.25. The Morgan fingerprint density at radius 2 is 1.72 bits per heavy atom. The Hall–Kier alpha value is -2.53. The first-order valence-corrected chi connectivity index (χ1v) is 12.1. The van der Waals surface area contributed by atoms with Gasteiger partial charge in [0.15, 0.2) is 0 Å². The van der Waals surface area contributed by atoms with E-state index in [9.17, 15) is 4.79 Å². The normalized spacial score (nSPS) is 18.5. The van der Waals surface area contributed by atoms with Crippen LogP contribution in [-0.2, 0) is 11.3 Å². The third-order valence-electron chi connectivity index (χ3n) is 7.09. The van der Waals surface area contributed by atoms with Crippen molar-refractivity contribution >= 4 is 11.6 Å². The van der Waals surface area contributed by atoms with Crippen molar-refractivity contribution < 1.29 is 9.53 Å². The van der Waals surface area contributed by atoms with Crippen molar-refractivity contribution in [2.45, 2.75) is 38.6 Å². The Morgan fingerprint density at radius 3 is 2.44 bits per heavy atom. The zero-order chi connectivity index (χ0) is 22.2. The van der Waals surface area contributed by atoms with Gasteiger partial charge in [-0.2, -0.15) is 0 Å². The fourth-order valence-corrected chi connectivity index (χ4v) is 5.03. The number of nitrogens with one attached hydrogen (secondary N) is 1. The van der Waals surface area contributed by atoms with Crippen LogP contribution >= 0.6 is 0 Å². The quantitative estimate of drug-likeness (QED) is 0.670. The number of likely N-dealkylation sites (tertiary alicyclic amines) is 1. The van der Waals surface area contributed by atoms with Gasteiger partial charge in [0.25, 0.3) is 0 Å². The molecule has 0 spiro atoms.